The third kappa shape index (κ3) is 4.28. The number of likely N-dealkylation sites (tertiary alicyclic amines) is 1. The summed E-state index contributed by atoms with van der Waals surface area (Å²) >= 11 is 0. The molecule has 0 aliphatic carbocycles. The minimum atomic E-state index is -0.0765. The lowest BCUT2D eigenvalue weighted by Gasteiger charge is -2.31. The zero-order chi connectivity index (χ0) is 19.3. The Morgan fingerprint density at radius 1 is 1.14 bits per heavy atom. The Morgan fingerprint density at radius 3 is 2.68 bits per heavy atom. The molecule has 8 nitrogen and oxygen atoms in total. The van der Waals surface area contributed by atoms with E-state index in [-0.39, 0.29) is 12.1 Å². The molecule has 0 spiro atoms. The number of urea groups is 1. The normalized spacial score (nSPS) is 14.7. The van der Waals surface area contributed by atoms with E-state index in [4.69, 9.17) is 4.74 Å². The van der Waals surface area contributed by atoms with Crippen molar-refractivity contribution in [1.82, 2.24) is 24.9 Å². The smallest absolute Gasteiger partial charge is 0.321 e. The van der Waals surface area contributed by atoms with Crippen molar-refractivity contribution < 1.29 is 9.53 Å². The van der Waals surface area contributed by atoms with Gasteiger partial charge in [-0.25, -0.2) is 9.48 Å². The summed E-state index contributed by atoms with van der Waals surface area (Å²) in [6.07, 6.45) is 5.03. The molecule has 1 aliphatic heterocycles. The van der Waals surface area contributed by atoms with Crippen LogP contribution in [0.25, 0.3) is 5.82 Å². The van der Waals surface area contributed by atoms with E-state index in [1.807, 2.05) is 54.4 Å². The van der Waals surface area contributed by atoms with Gasteiger partial charge < -0.3 is 15.0 Å². The number of carbonyl (C=O) groups excluding carboxylic acids is 1. The Bertz CT molecular complexity index is 918. The van der Waals surface area contributed by atoms with Gasteiger partial charge in [0.05, 0.1) is 0 Å². The van der Waals surface area contributed by atoms with Crippen molar-refractivity contribution in [2.24, 2.45) is 0 Å². The van der Waals surface area contributed by atoms with E-state index in [0.717, 1.165) is 24.1 Å². The number of aromatic nitrogens is 4. The van der Waals surface area contributed by atoms with Crippen molar-refractivity contribution in [1.29, 1.82) is 0 Å². The van der Waals surface area contributed by atoms with E-state index in [1.165, 1.54) is 0 Å². The van der Waals surface area contributed by atoms with Crippen LogP contribution in [0.3, 0.4) is 0 Å². The topological polar surface area (TPSA) is 85.2 Å². The average molecular weight is 378 g/mol. The Labute approximate surface area is 163 Å². The molecule has 1 saturated heterocycles. The highest BCUT2D eigenvalue weighted by atomic mass is 16.5. The van der Waals surface area contributed by atoms with Gasteiger partial charge in [-0.15, -0.1) is 10.2 Å². The van der Waals surface area contributed by atoms with Crippen LogP contribution in [0.4, 0.5) is 10.5 Å². The van der Waals surface area contributed by atoms with Crippen molar-refractivity contribution in [2.45, 2.75) is 25.9 Å². The Hall–Kier alpha value is -3.42. The molecule has 3 heterocycles. The maximum atomic E-state index is 12.4. The number of rotatable bonds is 4. The first-order valence-electron chi connectivity index (χ1n) is 9.30. The van der Waals surface area contributed by atoms with Crippen LogP contribution in [-0.4, -0.2) is 50.1 Å². The van der Waals surface area contributed by atoms with E-state index in [2.05, 4.69) is 20.6 Å². The van der Waals surface area contributed by atoms with Gasteiger partial charge in [0.1, 0.15) is 6.10 Å². The Balaban J connectivity index is 1.27. The summed E-state index contributed by atoms with van der Waals surface area (Å²) in [6, 6.07) is 13.2. The molecular weight excluding hydrogens is 356 g/mol. The molecule has 3 aromatic rings. The second kappa shape index (κ2) is 8.08. The van der Waals surface area contributed by atoms with Crippen LogP contribution in [0, 0.1) is 6.92 Å². The fourth-order valence-corrected chi connectivity index (χ4v) is 3.18. The molecule has 1 fully saturated rings. The van der Waals surface area contributed by atoms with Crippen LogP contribution in [-0.2, 0) is 0 Å². The second-order valence-electron chi connectivity index (χ2n) is 6.78. The van der Waals surface area contributed by atoms with Crippen molar-refractivity contribution in [3.05, 3.63) is 60.4 Å². The highest BCUT2D eigenvalue weighted by Crippen LogP contribution is 2.19. The number of nitrogens with one attached hydrogen (secondary N) is 1. The molecule has 1 N–H and O–H groups in total. The summed E-state index contributed by atoms with van der Waals surface area (Å²) in [5, 5.41) is 15.3. The number of benzene rings is 1. The van der Waals surface area contributed by atoms with Crippen LogP contribution < -0.4 is 10.1 Å². The van der Waals surface area contributed by atoms with E-state index < -0.39 is 0 Å². The van der Waals surface area contributed by atoms with Gasteiger partial charge in [-0.3, -0.25) is 0 Å². The molecule has 8 heteroatoms. The zero-order valence-electron chi connectivity index (χ0n) is 15.7. The number of ether oxygens (including phenoxy) is 1. The second-order valence-corrected chi connectivity index (χ2v) is 6.78. The lowest BCUT2D eigenvalue weighted by atomic mass is 10.1. The van der Waals surface area contributed by atoms with E-state index in [0.29, 0.717) is 24.8 Å². The summed E-state index contributed by atoms with van der Waals surface area (Å²) in [4.78, 5) is 14.3. The standard InChI is InChI=1S/C20H22N6O2/c1-15-4-2-5-16(14-15)22-20(27)25-12-8-17(9-13-25)28-19-7-6-18(23-24-19)26-11-3-10-21-26/h2-7,10-11,14,17H,8-9,12-13H2,1H3,(H,22,27). The number of hydrogen-bond acceptors (Lipinski definition) is 5. The largest absolute Gasteiger partial charge is 0.473 e. The van der Waals surface area contributed by atoms with E-state index in [1.54, 1.807) is 16.9 Å². The van der Waals surface area contributed by atoms with E-state index in [9.17, 15) is 4.79 Å². The van der Waals surface area contributed by atoms with Gasteiger partial charge in [0.25, 0.3) is 0 Å². The average Bonchev–Trinajstić information content (AvgIpc) is 3.24. The molecule has 1 aromatic carbocycles. The van der Waals surface area contributed by atoms with Gasteiger partial charge in [-0.1, -0.05) is 12.1 Å². The van der Waals surface area contributed by atoms with Gasteiger partial charge in [-0.2, -0.15) is 5.10 Å². The predicted molar refractivity (Wildman–Crippen MR) is 105 cm³/mol. The Morgan fingerprint density at radius 2 is 2.00 bits per heavy atom. The monoisotopic (exact) mass is 378 g/mol. The van der Waals surface area contributed by atoms with Gasteiger partial charge in [0.2, 0.25) is 5.88 Å². The first-order chi connectivity index (χ1) is 13.7. The third-order valence-electron chi connectivity index (χ3n) is 4.65. The molecule has 0 radical (unpaired) electrons. The molecule has 2 aromatic heterocycles. The summed E-state index contributed by atoms with van der Waals surface area (Å²) < 4.78 is 7.57. The van der Waals surface area contributed by atoms with Gasteiger partial charge in [0, 0.05) is 50.1 Å². The molecule has 28 heavy (non-hydrogen) atoms. The number of amides is 2. The first kappa shape index (κ1) is 18.0. The summed E-state index contributed by atoms with van der Waals surface area (Å²) in [5.74, 6) is 1.12. The number of nitrogens with zero attached hydrogens (tertiary/aromatic N) is 5. The molecule has 0 atom stereocenters. The van der Waals surface area contributed by atoms with Crippen LogP contribution in [0.5, 0.6) is 5.88 Å². The highest BCUT2D eigenvalue weighted by molar-refractivity contribution is 5.89. The van der Waals surface area contributed by atoms with Crippen molar-refractivity contribution >= 4 is 11.7 Å². The van der Waals surface area contributed by atoms with Crippen molar-refractivity contribution in [2.75, 3.05) is 18.4 Å². The van der Waals surface area contributed by atoms with Crippen molar-refractivity contribution in [3.8, 4) is 11.7 Å². The quantitative estimate of drug-likeness (QED) is 0.754. The minimum Gasteiger partial charge on any atom is -0.473 e. The number of aryl methyl sites for hydroxylation is 1. The van der Waals surface area contributed by atoms with Gasteiger partial charge >= 0.3 is 6.03 Å². The lowest BCUT2D eigenvalue weighted by molar-refractivity contribution is 0.110. The minimum absolute atomic E-state index is 0.0212. The van der Waals surface area contributed by atoms with Gasteiger partial charge in [0.15, 0.2) is 5.82 Å². The predicted octanol–water partition coefficient (Wildman–Crippen LogP) is 3.05. The number of hydrogen-bond donors (Lipinski definition) is 1. The molecular formula is C20H22N6O2. The molecule has 0 saturated carbocycles. The van der Waals surface area contributed by atoms with Gasteiger partial charge in [-0.05, 0) is 36.8 Å². The summed E-state index contributed by atoms with van der Waals surface area (Å²) in [6.45, 7) is 3.28. The zero-order valence-corrected chi connectivity index (χ0v) is 15.7. The lowest BCUT2D eigenvalue weighted by Crippen LogP contribution is -2.43. The summed E-state index contributed by atoms with van der Waals surface area (Å²) in [5.41, 5.74) is 1.93. The fraction of sp³-hybridized carbons (Fsp3) is 0.300. The number of anilines is 1. The number of carbonyl (C=O) groups is 1. The summed E-state index contributed by atoms with van der Waals surface area (Å²) in [7, 11) is 0. The van der Waals surface area contributed by atoms with Crippen LogP contribution in [0.1, 0.15) is 18.4 Å². The van der Waals surface area contributed by atoms with Crippen LogP contribution in [0.2, 0.25) is 0 Å². The molecule has 144 valence electrons. The molecule has 1 aliphatic rings. The molecule has 0 bridgehead atoms. The third-order valence-corrected chi connectivity index (χ3v) is 4.65. The maximum absolute atomic E-state index is 12.4. The van der Waals surface area contributed by atoms with Crippen molar-refractivity contribution in [3.63, 3.8) is 0 Å². The Kier molecular flexibility index (Phi) is 5.18. The first-order valence-corrected chi connectivity index (χ1v) is 9.30. The number of piperidine rings is 1. The van der Waals surface area contributed by atoms with Crippen LogP contribution in [0.15, 0.2) is 54.9 Å². The van der Waals surface area contributed by atoms with E-state index >= 15 is 0 Å². The fourth-order valence-electron chi connectivity index (χ4n) is 3.18. The SMILES string of the molecule is Cc1cccc(NC(=O)N2CCC(Oc3ccc(-n4cccn4)nn3)CC2)c1. The molecule has 2 amide bonds. The molecule has 4 rings (SSSR count). The van der Waals surface area contributed by atoms with Crippen LogP contribution >= 0.6 is 0 Å². The molecule has 0 unspecified atom stereocenters. The highest BCUT2D eigenvalue weighted by Gasteiger charge is 2.24. The maximum Gasteiger partial charge on any atom is 0.321 e.